The van der Waals surface area contributed by atoms with Crippen molar-refractivity contribution in [1.82, 2.24) is 0 Å². The molecule has 0 fully saturated rings. The quantitative estimate of drug-likeness (QED) is 0.580. The Hall–Kier alpha value is -1.12. The Labute approximate surface area is 142 Å². The van der Waals surface area contributed by atoms with Crippen LogP contribution in [0.2, 0.25) is 0 Å². The van der Waals surface area contributed by atoms with Crippen molar-refractivity contribution < 1.29 is 0 Å². The van der Waals surface area contributed by atoms with Crippen molar-refractivity contribution >= 4 is 35.2 Å². The molecule has 1 aliphatic heterocycles. The second-order valence-corrected chi connectivity index (χ2v) is 8.68. The summed E-state index contributed by atoms with van der Waals surface area (Å²) in [7, 11) is 0. The number of rotatable bonds is 2. The highest BCUT2D eigenvalue weighted by Crippen LogP contribution is 2.42. The van der Waals surface area contributed by atoms with Crippen LogP contribution in [0.1, 0.15) is 31.9 Å². The molecule has 1 heterocycles. The fraction of sp³-hybridized carbons (Fsp3) is 0.300. The lowest BCUT2D eigenvalue weighted by Crippen LogP contribution is -2.16. The molecule has 0 bridgehead atoms. The van der Waals surface area contributed by atoms with E-state index in [2.05, 4.69) is 75.4 Å². The summed E-state index contributed by atoms with van der Waals surface area (Å²) < 4.78 is 0. The molecule has 0 N–H and O–H groups in total. The molecule has 0 unspecified atom stereocenters. The van der Waals surface area contributed by atoms with E-state index in [0.29, 0.717) is 5.41 Å². The van der Waals surface area contributed by atoms with Crippen LogP contribution in [0.3, 0.4) is 0 Å². The van der Waals surface area contributed by atoms with Crippen molar-refractivity contribution in [2.45, 2.75) is 30.6 Å². The van der Waals surface area contributed by atoms with Gasteiger partial charge >= 0.3 is 0 Å². The van der Waals surface area contributed by atoms with Crippen molar-refractivity contribution in [2.75, 3.05) is 11.5 Å². The Morgan fingerprint density at radius 3 is 2.36 bits per heavy atom. The molecule has 1 aliphatic rings. The van der Waals surface area contributed by atoms with Crippen LogP contribution in [0.25, 0.3) is 11.6 Å². The first-order chi connectivity index (χ1) is 10.5. The molecule has 0 radical (unpaired) electrons. The van der Waals surface area contributed by atoms with Crippen molar-refractivity contribution in [1.29, 1.82) is 0 Å². The lowest BCUT2D eigenvalue weighted by molar-refractivity contribution is 0.493. The fourth-order valence-electron chi connectivity index (χ4n) is 2.46. The lowest BCUT2D eigenvalue weighted by Gasteiger charge is -2.19. The third-order valence-corrected chi connectivity index (χ3v) is 7.12. The SMILES string of the molecule is C/C(=C\c1ccccc1)c1ccc2c(c1)SCC(C)(C)CS2. The number of allylic oxidation sites excluding steroid dienone is 1. The topological polar surface area (TPSA) is 0 Å². The largest absolute Gasteiger partial charge is 0.124 e. The Kier molecular flexibility index (Phi) is 4.70. The molecule has 0 amide bonds. The molecule has 0 spiro atoms. The Morgan fingerprint density at radius 2 is 1.64 bits per heavy atom. The van der Waals surface area contributed by atoms with Crippen LogP contribution in [0, 0.1) is 5.41 Å². The maximum absolute atomic E-state index is 2.36. The number of hydrogen-bond acceptors (Lipinski definition) is 2. The van der Waals surface area contributed by atoms with Gasteiger partial charge in [-0.3, -0.25) is 0 Å². The van der Waals surface area contributed by atoms with E-state index in [1.165, 1.54) is 38.0 Å². The van der Waals surface area contributed by atoms with Crippen LogP contribution in [0.15, 0.2) is 58.3 Å². The average molecular weight is 327 g/mol. The molecule has 0 aromatic heterocycles. The molecular weight excluding hydrogens is 304 g/mol. The molecule has 0 nitrogen and oxygen atoms in total. The van der Waals surface area contributed by atoms with Gasteiger partial charge in [0.1, 0.15) is 0 Å². The number of fused-ring (bicyclic) bond motifs is 1. The summed E-state index contributed by atoms with van der Waals surface area (Å²) in [6.45, 7) is 6.92. The van der Waals surface area contributed by atoms with Crippen LogP contribution in [0.4, 0.5) is 0 Å². The Balaban J connectivity index is 1.88. The fourth-order valence-corrected chi connectivity index (χ4v) is 5.02. The van der Waals surface area contributed by atoms with Crippen LogP contribution in [-0.4, -0.2) is 11.5 Å². The van der Waals surface area contributed by atoms with Crippen molar-refractivity contribution in [3.05, 3.63) is 59.7 Å². The van der Waals surface area contributed by atoms with Crippen LogP contribution in [0.5, 0.6) is 0 Å². The van der Waals surface area contributed by atoms with Gasteiger partial charge in [0.15, 0.2) is 0 Å². The van der Waals surface area contributed by atoms with Crippen LogP contribution < -0.4 is 0 Å². The van der Waals surface area contributed by atoms with E-state index < -0.39 is 0 Å². The van der Waals surface area contributed by atoms with Gasteiger partial charge in [-0.2, -0.15) is 0 Å². The molecule has 2 heteroatoms. The number of hydrogen-bond donors (Lipinski definition) is 0. The first-order valence-corrected chi connectivity index (χ1v) is 9.64. The maximum atomic E-state index is 2.36. The first kappa shape index (κ1) is 15.8. The Bertz CT molecular complexity index is 684. The molecule has 0 atom stereocenters. The van der Waals surface area contributed by atoms with E-state index in [1.54, 1.807) is 0 Å². The molecule has 2 aromatic carbocycles. The predicted octanol–water partition coefficient (Wildman–Crippen LogP) is 6.47. The van der Waals surface area contributed by atoms with E-state index in [1.807, 2.05) is 23.5 Å². The molecule has 22 heavy (non-hydrogen) atoms. The van der Waals surface area contributed by atoms with E-state index in [0.717, 1.165) is 0 Å². The van der Waals surface area contributed by atoms with E-state index >= 15 is 0 Å². The van der Waals surface area contributed by atoms with Gasteiger partial charge in [0.25, 0.3) is 0 Å². The summed E-state index contributed by atoms with van der Waals surface area (Å²) in [4.78, 5) is 2.88. The molecule has 114 valence electrons. The lowest BCUT2D eigenvalue weighted by atomic mass is 10.0. The zero-order chi connectivity index (χ0) is 15.6. The predicted molar refractivity (Wildman–Crippen MR) is 102 cm³/mol. The van der Waals surface area contributed by atoms with Gasteiger partial charge in [0.2, 0.25) is 0 Å². The van der Waals surface area contributed by atoms with Gasteiger partial charge in [0, 0.05) is 21.3 Å². The minimum atomic E-state index is 0.406. The molecule has 0 saturated heterocycles. The molecule has 3 rings (SSSR count). The average Bonchev–Trinajstić information content (AvgIpc) is 2.67. The minimum Gasteiger partial charge on any atom is -0.124 e. The highest BCUT2D eigenvalue weighted by Gasteiger charge is 2.23. The van der Waals surface area contributed by atoms with Gasteiger partial charge < -0.3 is 0 Å². The van der Waals surface area contributed by atoms with Gasteiger partial charge in [0.05, 0.1) is 0 Å². The van der Waals surface area contributed by atoms with E-state index in [9.17, 15) is 0 Å². The highest BCUT2D eigenvalue weighted by molar-refractivity contribution is 8.03. The smallest absolute Gasteiger partial charge is 0.0214 e. The number of benzene rings is 2. The molecule has 2 aromatic rings. The van der Waals surface area contributed by atoms with Crippen LogP contribution in [-0.2, 0) is 0 Å². The third-order valence-electron chi connectivity index (χ3n) is 3.82. The minimum absolute atomic E-state index is 0.406. The van der Waals surface area contributed by atoms with Gasteiger partial charge in [-0.25, -0.2) is 0 Å². The summed E-state index contributed by atoms with van der Waals surface area (Å²) in [6.07, 6.45) is 2.26. The summed E-state index contributed by atoms with van der Waals surface area (Å²) in [6, 6.07) is 17.5. The van der Waals surface area contributed by atoms with Gasteiger partial charge in [-0.15, -0.1) is 23.5 Å². The second-order valence-electron chi connectivity index (χ2n) is 6.64. The molecular formula is C20H22S2. The highest BCUT2D eigenvalue weighted by atomic mass is 32.2. The van der Waals surface area contributed by atoms with Crippen molar-refractivity contribution in [3.8, 4) is 0 Å². The van der Waals surface area contributed by atoms with E-state index in [4.69, 9.17) is 0 Å². The molecule has 0 aliphatic carbocycles. The van der Waals surface area contributed by atoms with Crippen molar-refractivity contribution in [3.63, 3.8) is 0 Å². The summed E-state index contributed by atoms with van der Waals surface area (Å²) >= 11 is 4.01. The second kappa shape index (κ2) is 6.55. The first-order valence-electron chi connectivity index (χ1n) is 7.67. The van der Waals surface area contributed by atoms with E-state index in [-0.39, 0.29) is 0 Å². The molecule has 0 saturated carbocycles. The monoisotopic (exact) mass is 326 g/mol. The zero-order valence-electron chi connectivity index (χ0n) is 13.4. The number of thioether (sulfide) groups is 2. The Morgan fingerprint density at radius 1 is 0.955 bits per heavy atom. The zero-order valence-corrected chi connectivity index (χ0v) is 15.1. The van der Waals surface area contributed by atoms with Gasteiger partial charge in [-0.05, 0) is 41.2 Å². The van der Waals surface area contributed by atoms with Crippen molar-refractivity contribution in [2.24, 2.45) is 5.41 Å². The summed E-state index contributed by atoms with van der Waals surface area (Å²) in [5.74, 6) is 2.39. The van der Waals surface area contributed by atoms with Gasteiger partial charge in [-0.1, -0.05) is 56.3 Å². The summed E-state index contributed by atoms with van der Waals surface area (Å²) in [5, 5.41) is 0. The standard InChI is InChI=1S/C20H22S2/c1-15(11-16-7-5-4-6-8-16)17-9-10-18-19(12-17)22-14-20(2,3)13-21-18/h4-12H,13-14H2,1-3H3/b15-11+. The van der Waals surface area contributed by atoms with Crippen LogP contribution >= 0.6 is 23.5 Å². The summed E-state index contributed by atoms with van der Waals surface area (Å²) in [5.41, 5.74) is 4.32. The maximum Gasteiger partial charge on any atom is 0.0214 e. The third kappa shape index (κ3) is 3.80. The normalized spacial score (nSPS) is 17.7.